The summed E-state index contributed by atoms with van der Waals surface area (Å²) in [6.45, 7) is 6.69. The molecule has 1 saturated carbocycles. The van der Waals surface area contributed by atoms with Crippen LogP contribution in [0.2, 0.25) is 0 Å². The molecule has 0 atom stereocenters. The van der Waals surface area contributed by atoms with Crippen LogP contribution in [0.4, 0.5) is 5.82 Å². The molecule has 3 nitrogen and oxygen atoms in total. The molecule has 0 aliphatic heterocycles. The second-order valence-electron chi connectivity index (χ2n) is 5.47. The first-order valence-corrected chi connectivity index (χ1v) is 6.39. The average molecular weight is 221 g/mol. The molecule has 2 N–H and O–H groups in total. The van der Waals surface area contributed by atoms with Crippen molar-refractivity contribution in [1.82, 2.24) is 9.78 Å². The summed E-state index contributed by atoms with van der Waals surface area (Å²) < 4.78 is 2.03. The number of aromatic nitrogens is 2. The first kappa shape index (κ1) is 11.5. The lowest BCUT2D eigenvalue weighted by Crippen LogP contribution is -2.22. The van der Waals surface area contributed by atoms with Gasteiger partial charge in [0.1, 0.15) is 5.82 Å². The molecule has 1 heterocycles. The van der Waals surface area contributed by atoms with Crippen LogP contribution >= 0.6 is 0 Å². The summed E-state index contributed by atoms with van der Waals surface area (Å²) in [5, 5.41) is 4.40. The molecule has 0 spiro atoms. The molecule has 0 amide bonds. The van der Waals surface area contributed by atoms with Gasteiger partial charge >= 0.3 is 0 Å². The van der Waals surface area contributed by atoms with Crippen molar-refractivity contribution in [3.05, 3.63) is 11.8 Å². The molecule has 0 aromatic carbocycles. The number of nitrogens with two attached hydrogens (primary N) is 1. The fourth-order valence-corrected chi connectivity index (χ4v) is 2.76. The van der Waals surface area contributed by atoms with E-state index in [4.69, 9.17) is 5.73 Å². The molecule has 16 heavy (non-hydrogen) atoms. The SMILES string of the molecule is Cc1cnn(C2CCC(C(C)C)CC2)c1N. The van der Waals surface area contributed by atoms with Crippen molar-refractivity contribution < 1.29 is 0 Å². The van der Waals surface area contributed by atoms with E-state index in [2.05, 4.69) is 18.9 Å². The molecule has 0 saturated heterocycles. The molecular weight excluding hydrogens is 198 g/mol. The van der Waals surface area contributed by atoms with Gasteiger partial charge in [0.25, 0.3) is 0 Å². The Labute approximate surface area is 98.0 Å². The minimum atomic E-state index is 0.531. The third-order valence-electron chi connectivity index (χ3n) is 4.06. The van der Waals surface area contributed by atoms with Crippen LogP contribution in [-0.4, -0.2) is 9.78 Å². The monoisotopic (exact) mass is 221 g/mol. The minimum absolute atomic E-state index is 0.531. The van der Waals surface area contributed by atoms with Crippen LogP contribution in [0.5, 0.6) is 0 Å². The van der Waals surface area contributed by atoms with Gasteiger partial charge in [-0.3, -0.25) is 0 Å². The average Bonchev–Trinajstić information content (AvgIpc) is 2.60. The van der Waals surface area contributed by atoms with E-state index in [1.165, 1.54) is 25.7 Å². The van der Waals surface area contributed by atoms with E-state index in [1.54, 1.807) is 0 Å². The second kappa shape index (κ2) is 4.48. The molecule has 1 aliphatic carbocycles. The quantitative estimate of drug-likeness (QED) is 0.833. The van der Waals surface area contributed by atoms with Gasteiger partial charge in [0, 0.05) is 5.56 Å². The van der Waals surface area contributed by atoms with Gasteiger partial charge in [0.15, 0.2) is 0 Å². The highest BCUT2D eigenvalue weighted by atomic mass is 15.3. The summed E-state index contributed by atoms with van der Waals surface area (Å²) in [6.07, 6.45) is 6.98. The molecule has 0 bridgehead atoms. The predicted octanol–water partition coefficient (Wildman–Crippen LogP) is 3.16. The number of hydrogen-bond acceptors (Lipinski definition) is 2. The van der Waals surface area contributed by atoms with Gasteiger partial charge < -0.3 is 5.73 Å². The van der Waals surface area contributed by atoms with Crippen LogP contribution in [-0.2, 0) is 0 Å². The fraction of sp³-hybridized carbons (Fsp3) is 0.769. The van der Waals surface area contributed by atoms with Crippen LogP contribution in [0.15, 0.2) is 6.20 Å². The smallest absolute Gasteiger partial charge is 0.124 e. The van der Waals surface area contributed by atoms with Gasteiger partial charge in [0.2, 0.25) is 0 Å². The molecule has 3 heteroatoms. The van der Waals surface area contributed by atoms with E-state index >= 15 is 0 Å². The summed E-state index contributed by atoms with van der Waals surface area (Å²) in [7, 11) is 0. The fourth-order valence-electron chi connectivity index (χ4n) is 2.76. The first-order valence-electron chi connectivity index (χ1n) is 6.39. The Bertz CT molecular complexity index is 346. The Morgan fingerprint density at radius 3 is 2.38 bits per heavy atom. The van der Waals surface area contributed by atoms with Gasteiger partial charge in [0.05, 0.1) is 12.2 Å². The van der Waals surface area contributed by atoms with Crippen molar-refractivity contribution in [3.8, 4) is 0 Å². The Kier molecular flexibility index (Phi) is 3.22. The van der Waals surface area contributed by atoms with Crippen molar-refractivity contribution in [1.29, 1.82) is 0 Å². The Balaban J connectivity index is 2.02. The van der Waals surface area contributed by atoms with E-state index in [9.17, 15) is 0 Å². The molecule has 1 aromatic rings. The standard InChI is InChI=1S/C13H23N3/c1-9(2)11-4-6-12(7-5-11)16-13(14)10(3)8-15-16/h8-9,11-12H,4-7,14H2,1-3H3. The summed E-state index contributed by atoms with van der Waals surface area (Å²) in [5.41, 5.74) is 7.13. The van der Waals surface area contributed by atoms with E-state index in [-0.39, 0.29) is 0 Å². The van der Waals surface area contributed by atoms with Crippen molar-refractivity contribution in [2.45, 2.75) is 52.5 Å². The summed E-state index contributed by atoms with van der Waals surface area (Å²) in [6, 6.07) is 0.531. The zero-order valence-electron chi connectivity index (χ0n) is 10.6. The molecular formula is C13H23N3. The highest BCUT2D eigenvalue weighted by Crippen LogP contribution is 2.36. The second-order valence-corrected chi connectivity index (χ2v) is 5.47. The van der Waals surface area contributed by atoms with Crippen molar-refractivity contribution in [2.24, 2.45) is 11.8 Å². The van der Waals surface area contributed by atoms with Gasteiger partial charge in [-0.25, -0.2) is 4.68 Å². The van der Waals surface area contributed by atoms with Gasteiger partial charge in [-0.15, -0.1) is 0 Å². The lowest BCUT2D eigenvalue weighted by atomic mass is 9.80. The van der Waals surface area contributed by atoms with Crippen LogP contribution in [0, 0.1) is 18.8 Å². The van der Waals surface area contributed by atoms with E-state index in [0.717, 1.165) is 23.2 Å². The maximum Gasteiger partial charge on any atom is 0.124 e. The van der Waals surface area contributed by atoms with Gasteiger partial charge in [-0.2, -0.15) is 5.10 Å². The number of aryl methyl sites for hydroxylation is 1. The topological polar surface area (TPSA) is 43.8 Å². The Morgan fingerprint density at radius 1 is 1.31 bits per heavy atom. The van der Waals surface area contributed by atoms with E-state index in [0.29, 0.717) is 6.04 Å². The van der Waals surface area contributed by atoms with Crippen molar-refractivity contribution in [3.63, 3.8) is 0 Å². The number of rotatable bonds is 2. The highest BCUT2D eigenvalue weighted by molar-refractivity contribution is 5.37. The molecule has 1 aliphatic rings. The zero-order chi connectivity index (χ0) is 11.7. The molecule has 0 radical (unpaired) electrons. The van der Waals surface area contributed by atoms with Crippen LogP contribution in [0.1, 0.15) is 51.1 Å². The van der Waals surface area contributed by atoms with Gasteiger partial charge in [-0.05, 0) is 44.4 Å². The summed E-state index contributed by atoms with van der Waals surface area (Å²) in [4.78, 5) is 0. The maximum atomic E-state index is 6.03. The Morgan fingerprint density at radius 2 is 1.94 bits per heavy atom. The molecule has 1 aromatic heterocycles. The maximum absolute atomic E-state index is 6.03. The van der Waals surface area contributed by atoms with Crippen molar-refractivity contribution >= 4 is 5.82 Å². The lowest BCUT2D eigenvalue weighted by Gasteiger charge is -2.31. The van der Waals surface area contributed by atoms with Gasteiger partial charge in [-0.1, -0.05) is 13.8 Å². The van der Waals surface area contributed by atoms with E-state index in [1.807, 2.05) is 17.8 Å². The number of anilines is 1. The number of nitrogen functional groups attached to an aromatic ring is 1. The summed E-state index contributed by atoms with van der Waals surface area (Å²) >= 11 is 0. The third kappa shape index (κ3) is 2.08. The number of nitrogens with zero attached hydrogens (tertiary/aromatic N) is 2. The molecule has 2 rings (SSSR count). The molecule has 0 unspecified atom stereocenters. The van der Waals surface area contributed by atoms with Crippen LogP contribution < -0.4 is 5.73 Å². The first-order chi connectivity index (χ1) is 7.59. The predicted molar refractivity (Wildman–Crippen MR) is 67.2 cm³/mol. The zero-order valence-corrected chi connectivity index (χ0v) is 10.6. The third-order valence-corrected chi connectivity index (χ3v) is 4.06. The molecule has 90 valence electrons. The largest absolute Gasteiger partial charge is 0.384 e. The van der Waals surface area contributed by atoms with Crippen molar-refractivity contribution in [2.75, 3.05) is 5.73 Å². The Hall–Kier alpha value is -0.990. The number of hydrogen-bond donors (Lipinski definition) is 1. The lowest BCUT2D eigenvalue weighted by molar-refractivity contribution is 0.218. The van der Waals surface area contributed by atoms with Crippen LogP contribution in [0.25, 0.3) is 0 Å². The van der Waals surface area contributed by atoms with Crippen LogP contribution in [0.3, 0.4) is 0 Å². The summed E-state index contributed by atoms with van der Waals surface area (Å²) in [5.74, 6) is 2.57. The highest BCUT2D eigenvalue weighted by Gasteiger charge is 2.25. The molecule has 1 fully saturated rings. The minimum Gasteiger partial charge on any atom is -0.384 e. The normalized spacial score (nSPS) is 26.2. The van der Waals surface area contributed by atoms with E-state index < -0.39 is 0 Å².